The number of hydrogen-bond donors (Lipinski definition) is 26. The summed E-state index contributed by atoms with van der Waals surface area (Å²) in [7, 11) is 0. The van der Waals surface area contributed by atoms with Crippen molar-refractivity contribution in [1.29, 1.82) is 0 Å². The lowest BCUT2D eigenvalue weighted by atomic mass is 10.1. The molecule has 0 saturated heterocycles. The molecule has 0 aromatic heterocycles. The largest absolute Gasteiger partial charge is 0.508 e. The molecule has 648 valence electrons. The van der Waals surface area contributed by atoms with Gasteiger partial charge < -0.3 is 134 Å². The van der Waals surface area contributed by atoms with E-state index in [9.17, 15) is 107 Å². The molecular formula is C84H75Br7IN5O21S5. The zero-order valence-electron chi connectivity index (χ0n) is 64.1. The van der Waals surface area contributed by atoms with Gasteiger partial charge in [0.25, 0.3) is 0 Å². The lowest BCUT2D eigenvalue weighted by Crippen LogP contribution is -2.18. The van der Waals surface area contributed by atoms with E-state index in [1.165, 1.54) is 48.5 Å². The predicted molar refractivity (Wildman–Crippen MR) is 527 cm³/mol. The normalized spacial score (nSPS) is 11.0. The quantitative estimate of drug-likeness (QED) is 0.0146. The van der Waals surface area contributed by atoms with Gasteiger partial charge in [-0.2, -0.15) is 0 Å². The molecule has 10 rings (SSSR count). The first-order chi connectivity index (χ1) is 57.7. The molecule has 0 radical (unpaired) electrons. The van der Waals surface area contributed by atoms with E-state index in [0.717, 1.165) is 5.56 Å². The Kier molecular flexibility index (Phi) is 39.3. The van der Waals surface area contributed by atoms with Gasteiger partial charge in [0.2, 0.25) is 0 Å². The third-order valence-electron chi connectivity index (χ3n) is 17.0. The minimum atomic E-state index is -0.575. The van der Waals surface area contributed by atoms with Crippen molar-refractivity contribution in [1.82, 2.24) is 26.6 Å². The van der Waals surface area contributed by atoms with Crippen molar-refractivity contribution in [3.8, 4) is 121 Å². The van der Waals surface area contributed by atoms with Crippen molar-refractivity contribution in [2.75, 3.05) is 0 Å². The van der Waals surface area contributed by atoms with Crippen molar-refractivity contribution in [2.24, 2.45) is 0 Å². The van der Waals surface area contributed by atoms with Crippen LogP contribution in [0.3, 0.4) is 0 Å². The third-order valence-corrected chi connectivity index (χ3v) is 26.0. The van der Waals surface area contributed by atoms with Gasteiger partial charge in [-0.1, -0.05) is 107 Å². The Balaban J connectivity index is 0.000000238. The maximum Gasteiger partial charge on any atom is 0.200 e. The van der Waals surface area contributed by atoms with Crippen LogP contribution in [0.1, 0.15) is 77.9 Å². The first kappa shape index (κ1) is 102. The summed E-state index contributed by atoms with van der Waals surface area (Å²) in [5, 5.41) is 217. The first-order valence-electron chi connectivity index (χ1n) is 34.9. The summed E-state index contributed by atoms with van der Waals surface area (Å²) in [6.45, 7) is 8.03. The van der Waals surface area contributed by atoms with Crippen LogP contribution in [0.25, 0.3) is 30.4 Å². The monoisotopic (exact) mass is 2330 g/mol. The Bertz CT molecular complexity index is 5550. The van der Waals surface area contributed by atoms with E-state index in [1.54, 1.807) is 143 Å². The molecular weight excluding hydrogens is 2260 g/mol. The second kappa shape index (κ2) is 47.4. The molecule has 26 N–H and O–H groups in total. The van der Waals surface area contributed by atoms with Crippen LogP contribution in [-0.2, 0) is 32.7 Å². The summed E-state index contributed by atoms with van der Waals surface area (Å²) in [4.78, 5) is 2.11. The molecule has 0 unspecified atom stereocenters. The highest BCUT2D eigenvalue weighted by molar-refractivity contribution is 14.1. The van der Waals surface area contributed by atoms with E-state index in [0.29, 0.717) is 158 Å². The van der Waals surface area contributed by atoms with Gasteiger partial charge in [-0.05, 0) is 335 Å². The molecule has 0 amide bonds. The molecule has 10 aromatic rings. The maximum atomic E-state index is 9.93. The number of nitrogens with one attached hydrogen (secondary N) is 5. The standard InChI is InChI=1S/2C17H15Br2NO4S.C17H16BrNO4S.C17H16INO4S.C16H13Br2NO5S/c1-8-11(21)4-9(5-12(8)22)7-20-14(25)3-2-10-6-13(23)17(24)16(19)15(10)18;1-8-12(21)6-10(15(19)16(8)23)7-20-14(25)3-2-9-4-11(18)17(24)13(22)5-9;1-9-13(20)4-10(5-14(9)21)8-19-17(24)3-2-11-6-15(22)16(23)7-12(11)18;1-9-13(21)6-10(7-14(9)22)8-19-15(24)5-3-11-2-4-12(20)17(23)16(11)18;17-13-8(5-11(22)16(24)14(13)18)1-2-12(25)19-6-7-3-9(20)15(23)10(21)4-7/h2*2-6,21-24H,7H2,1H3,(H,20,25);2*2-7,20-23H,8H2,1H3,(H,19,24);1-5,20-24H,6H2,(H,19,25)/b3*3-2+;5-3+;2-1+. The molecule has 0 fully saturated rings. The zero-order chi connectivity index (χ0) is 91.9. The van der Waals surface area contributed by atoms with E-state index < -0.39 is 17.2 Å². The number of phenols is 21. The van der Waals surface area contributed by atoms with Crippen molar-refractivity contribution in [3.05, 3.63) is 246 Å². The van der Waals surface area contributed by atoms with Crippen molar-refractivity contribution < 1.29 is 107 Å². The Hall–Kier alpha value is -9.76. The summed E-state index contributed by atoms with van der Waals surface area (Å²) < 4.78 is 3.81. The second-order valence-electron chi connectivity index (χ2n) is 25.9. The predicted octanol–water partition coefficient (Wildman–Crippen LogP) is 20.1. The summed E-state index contributed by atoms with van der Waals surface area (Å²) >= 11 is 50.6. The Morgan fingerprint density at radius 1 is 0.268 bits per heavy atom. The molecule has 10 aromatic carbocycles. The van der Waals surface area contributed by atoms with Gasteiger partial charge in [0, 0.05) is 68.4 Å². The number of aromatic hydroxyl groups is 21. The van der Waals surface area contributed by atoms with Crippen LogP contribution in [0.5, 0.6) is 121 Å². The molecule has 0 aliphatic carbocycles. The van der Waals surface area contributed by atoms with Gasteiger partial charge in [-0.3, -0.25) is 0 Å². The fourth-order valence-corrected chi connectivity index (χ4v) is 14.4. The SMILES string of the molecule is Cc1c(O)cc(CNC(=S)/C=C/c2cc(O)c(O)c(Br)c2)c(Br)c1O.Cc1c(O)cc(CNC(=S)/C=C/c2cc(O)c(O)c(Br)c2Br)cc1O.Cc1c(O)cc(CNC(=S)/C=C/c2cc(O)c(O)cc2Br)cc1O.Cc1c(O)cc(CNC(=S)/C=C/c2ccc(O)c(O)c2I)cc1O.Oc1cc(CNC(=S)/C=C/c2cc(O)c(O)c(Br)c2Br)cc(O)c1O. The van der Waals surface area contributed by atoms with E-state index in [-0.39, 0.29) is 110 Å². The summed E-state index contributed by atoms with van der Waals surface area (Å²) in [5.74, 6) is -3.54. The molecule has 0 aliphatic heterocycles. The van der Waals surface area contributed by atoms with Crippen LogP contribution in [0.2, 0.25) is 0 Å². The number of rotatable bonds is 20. The first-order valence-corrected chi connectivity index (χ1v) is 43.6. The van der Waals surface area contributed by atoms with Crippen molar-refractivity contribution in [2.45, 2.75) is 60.4 Å². The van der Waals surface area contributed by atoms with E-state index in [1.807, 2.05) is 22.6 Å². The molecule has 0 spiro atoms. The number of benzene rings is 10. The van der Waals surface area contributed by atoms with Crippen LogP contribution >= 0.6 is 195 Å². The lowest BCUT2D eigenvalue weighted by Gasteiger charge is -2.11. The summed E-state index contributed by atoms with van der Waals surface area (Å²) in [6.07, 6.45) is 16.5. The minimum absolute atomic E-state index is 0.00313. The molecule has 0 saturated carbocycles. The number of phenolic OH excluding ortho intramolecular Hbond substituents is 21. The molecule has 39 heteroatoms. The van der Waals surface area contributed by atoms with E-state index in [4.69, 9.17) is 61.1 Å². The highest BCUT2D eigenvalue weighted by Crippen LogP contribution is 2.45. The number of hydrogen-bond acceptors (Lipinski definition) is 26. The maximum absolute atomic E-state index is 9.93. The topological polar surface area (TPSA) is 485 Å². The molecule has 0 aliphatic rings. The zero-order valence-corrected chi connectivity index (χ0v) is 81.4. The van der Waals surface area contributed by atoms with Crippen LogP contribution in [-0.4, -0.2) is 132 Å². The summed E-state index contributed by atoms with van der Waals surface area (Å²) in [5.41, 5.74) is 8.17. The van der Waals surface area contributed by atoms with Crippen LogP contribution < -0.4 is 26.6 Å². The van der Waals surface area contributed by atoms with Gasteiger partial charge in [-0.15, -0.1) is 0 Å². The molecule has 0 heterocycles. The fraction of sp³-hybridized carbons (Fsp3) is 0.107. The van der Waals surface area contributed by atoms with Gasteiger partial charge in [0.1, 0.15) is 46.0 Å². The highest BCUT2D eigenvalue weighted by atomic mass is 127. The van der Waals surface area contributed by atoms with Crippen LogP contribution in [0.15, 0.2) is 165 Å². The Morgan fingerprint density at radius 2 is 0.577 bits per heavy atom. The fourth-order valence-electron chi connectivity index (χ4n) is 9.84. The second-order valence-corrected chi connectivity index (χ2v) is 34.8. The van der Waals surface area contributed by atoms with Crippen LogP contribution in [0, 0.1) is 31.3 Å². The minimum Gasteiger partial charge on any atom is -0.508 e. The smallest absolute Gasteiger partial charge is 0.200 e. The van der Waals surface area contributed by atoms with Crippen LogP contribution in [0.4, 0.5) is 0 Å². The lowest BCUT2D eigenvalue weighted by molar-refractivity contribution is 0.367. The van der Waals surface area contributed by atoms with Gasteiger partial charge in [0.15, 0.2) is 74.7 Å². The Labute approximate surface area is 803 Å². The number of thiocarbonyl (C=S) groups is 5. The van der Waals surface area contributed by atoms with Gasteiger partial charge >= 0.3 is 0 Å². The molecule has 0 bridgehead atoms. The van der Waals surface area contributed by atoms with Crippen molar-refractivity contribution in [3.63, 3.8) is 0 Å². The highest BCUT2D eigenvalue weighted by Gasteiger charge is 2.18. The number of halogens is 8. The third kappa shape index (κ3) is 30.0. The van der Waals surface area contributed by atoms with Crippen molar-refractivity contribution >= 4 is 251 Å². The van der Waals surface area contributed by atoms with E-state index in [2.05, 4.69) is 138 Å². The molecule has 0 atom stereocenters. The van der Waals surface area contributed by atoms with Gasteiger partial charge in [0.05, 0.1) is 46.4 Å². The van der Waals surface area contributed by atoms with E-state index >= 15 is 0 Å². The molecule has 123 heavy (non-hydrogen) atoms. The average molecular weight is 2340 g/mol. The Morgan fingerprint density at radius 3 is 0.959 bits per heavy atom. The molecule has 26 nitrogen and oxygen atoms in total. The average Bonchev–Trinajstić information content (AvgIpc) is 0.820. The van der Waals surface area contributed by atoms with Gasteiger partial charge in [-0.25, -0.2) is 0 Å². The summed E-state index contributed by atoms with van der Waals surface area (Å²) in [6, 6.07) is 25.2.